The van der Waals surface area contributed by atoms with Crippen molar-refractivity contribution in [2.75, 3.05) is 0 Å². The second-order valence-electron chi connectivity index (χ2n) is 5.90. The highest BCUT2D eigenvalue weighted by atomic mass is 16.4. The van der Waals surface area contributed by atoms with Crippen molar-refractivity contribution in [1.82, 2.24) is 14.9 Å². The molecule has 0 amide bonds. The van der Waals surface area contributed by atoms with Crippen molar-refractivity contribution in [3.63, 3.8) is 0 Å². The van der Waals surface area contributed by atoms with Gasteiger partial charge in [-0.15, -0.1) is 0 Å². The Labute approximate surface area is 120 Å². The molecule has 0 radical (unpaired) electrons. The molecule has 1 saturated carbocycles. The van der Waals surface area contributed by atoms with E-state index in [0.717, 1.165) is 44.5 Å². The molecular weight excluding hydrogens is 254 g/mol. The van der Waals surface area contributed by atoms with Gasteiger partial charge in [-0.2, -0.15) is 0 Å². The highest BCUT2D eigenvalue weighted by Crippen LogP contribution is 2.25. The van der Waals surface area contributed by atoms with E-state index in [1.807, 2.05) is 19.3 Å². The van der Waals surface area contributed by atoms with Crippen LogP contribution in [0, 0.1) is 0 Å². The molecule has 1 aromatic rings. The molecule has 1 unspecified atom stereocenters. The zero-order valence-electron chi connectivity index (χ0n) is 12.4. The van der Waals surface area contributed by atoms with E-state index in [2.05, 4.69) is 21.8 Å². The van der Waals surface area contributed by atoms with Gasteiger partial charge in [0, 0.05) is 31.4 Å². The van der Waals surface area contributed by atoms with E-state index in [1.165, 1.54) is 0 Å². The predicted octanol–water partition coefficient (Wildman–Crippen LogP) is 2.21. The summed E-state index contributed by atoms with van der Waals surface area (Å²) in [5.74, 6) is 0.364. The van der Waals surface area contributed by atoms with Gasteiger partial charge in [0.1, 0.15) is 11.4 Å². The molecule has 2 rings (SSSR count). The SMILES string of the molecule is CCc1nccn1CCCCC(C)(NC1CC1)C(=O)O. The Hall–Kier alpha value is -1.36. The third-order valence-electron chi connectivity index (χ3n) is 4.02. The molecule has 1 atom stereocenters. The minimum Gasteiger partial charge on any atom is -0.480 e. The fourth-order valence-electron chi connectivity index (χ4n) is 2.54. The number of rotatable bonds is 9. The number of imidazole rings is 1. The Kier molecular flexibility index (Phi) is 4.81. The zero-order chi connectivity index (χ0) is 14.6. The molecule has 0 aliphatic heterocycles. The quantitative estimate of drug-likeness (QED) is 0.680. The molecule has 1 heterocycles. The summed E-state index contributed by atoms with van der Waals surface area (Å²) in [5, 5.41) is 12.7. The van der Waals surface area contributed by atoms with Crippen molar-refractivity contribution in [2.24, 2.45) is 0 Å². The highest BCUT2D eigenvalue weighted by molar-refractivity contribution is 5.78. The maximum absolute atomic E-state index is 11.4. The maximum atomic E-state index is 11.4. The summed E-state index contributed by atoms with van der Waals surface area (Å²) in [6.45, 7) is 4.82. The Bertz CT molecular complexity index is 454. The van der Waals surface area contributed by atoms with Crippen LogP contribution < -0.4 is 5.32 Å². The minimum absolute atomic E-state index is 0.413. The van der Waals surface area contributed by atoms with Crippen LogP contribution in [0.4, 0.5) is 0 Å². The highest BCUT2D eigenvalue weighted by Gasteiger charge is 2.37. The topological polar surface area (TPSA) is 67.2 Å². The summed E-state index contributed by atoms with van der Waals surface area (Å²) >= 11 is 0. The molecule has 1 fully saturated rings. The number of unbranched alkanes of at least 4 members (excludes halogenated alkanes) is 1. The monoisotopic (exact) mass is 279 g/mol. The number of hydrogen-bond donors (Lipinski definition) is 2. The molecule has 20 heavy (non-hydrogen) atoms. The average molecular weight is 279 g/mol. The number of nitrogens with zero attached hydrogens (tertiary/aromatic N) is 2. The summed E-state index contributed by atoms with van der Waals surface area (Å²) in [6, 6.07) is 0.413. The molecule has 1 aromatic heterocycles. The van der Waals surface area contributed by atoms with Gasteiger partial charge in [0.25, 0.3) is 0 Å². The third kappa shape index (κ3) is 3.82. The molecule has 112 valence electrons. The maximum Gasteiger partial charge on any atom is 0.323 e. The van der Waals surface area contributed by atoms with E-state index in [1.54, 1.807) is 0 Å². The Morgan fingerprint density at radius 3 is 2.90 bits per heavy atom. The van der Waals surface area contributed by atoms with E-state index >= 15 is 0 Å². The van der Waals surface area contributed by atoms with Crippen molar-refractivity contribution in [3.05, 3.63) is 18.2 Å². The van der Waals surface area contributed by atoms with Crippen molar-refractivity contribution < 1.29 is 9.90 Å². The van der Waals surface area contributed by atoms with E-state index in [9.17, 15) is 9.90 Å². The molecule has 5 nitrogen and oxygen atoms in total. The number of carboxylic acid groups (broad SMARTS) is 1. The second kappa shape index (κ2) is 6.39. The number of aromatic nitrogens is 2. The minimum atomic E-state index is -0.774. The van der Waals surface area contributed by atoms with Crippen LogP contribution >= 0.6 is 0 Å². The largest absolute Gasteiger partial charge is 0.480 e. The molecular formula is C15H25N3O2. The van der Waals surface area contributed by atoms with Crippen LogP contribution in [0.1, 0.15) is 51.8 Å². The van der Waals surface area contributed by atoms with Gasteiger partial charge in [0.2, 0.25) is 0 Å². The van der Waals surface area contributed by atoms with Crippen molar-refractivity contribution in [1.29, 1.82) is 0 Å². The first kappa shape index (κ1) is 15.0. The number of aliphatic carboxylic acids is 1. The molecule has 0 bridgehead atoms. The first-order chi connectivity index (χ1) is 9.55. The van der Waals surface area contributed by atoms with Gasteiger partial charge >= 0.3 is 5.97 Å². The number of aryl methyl sites for hydroxylation is 2. The molecule has 5 heteroatoms. The van der Waals surface area contributed by atoms with E-state index in [-0.39, 0.29) is 0 Å². The number of carbonyl (C=O) groups is 1. The summed E-state index contributed by atoms with van der Waals surface area (Å²) < 4.78 is 2.16. The molecule has 1 aliphatic carbocycles. The van der Waals surface area contributed by atoms with Crippen LogP contribution in [0.25, 0.3) is 0 Å². The van der Waals surface area contributed by atoms with Gasteiger partial charge in [-0.3, -0.25) is 10.1 Å². The lowest BCUT2D eigenvalue weighted by atomic mass is 9.94. The van der Waals surface area contributed by atoms with Gasteiger partial charge in [-0.1, -0.05) is 6.92 Å². The number of nitrogens with one attached hydrogen (secondary N) is 1. The van der Waals surface area contributed by atoms with E-state index < -0.39 is 11.5 Å². The fourth-order valence-corrected chi connectivity index (χ4v) is 2.54. The second-order valence-corrected chi connectivity index (χ2v) is 5.90. The van der Waals surface area contributed by atoms with Crippen LogP contribution in [0.15, 0.2) is 12.4 Å². The molecule has 0 spiro atoms. The molecule has 2 N–H and O–H groups in total. The summed E-state index contributed by atoms with van der Waals surface area (Å²) in [4.78, 5) is 15.7. The molecule has 0 aromatic carbocycles. The van der Waals surface area contributed by atoms with Gasteiger partial charge in [-0.25, -0.2) is 4.98 Å². The molecule has 0 saturated heterocycles. The van der Waals surface area contributed by atoms with Crippen LogP contribution in [0.5, 0.6) is 0 Å². The van der Waals surface area contributed by atoms with Crippen LogP contribution in [0.3, 0.4) is 0 Å². The smallest absolute Gasteiger partial charge is 0.323 e. The zero-order valence-corrected chi connectivity index (χ0v) is 12.4. The standard InChI is InChI=1S/C15H25N3O2/c1-3-13-16-9-11-18(13)10-5-4-8-15(2,14(19)20)17-12-6-7-12/h9,11-12,17H,3-8,10H2,1-2H3,(H,19,20). The van der Waals surface area contributed by atoms with Crippen molar-refractivity contribution in [2.45, 2.75) is 70.5 Å². The normalized spacial score (nSPS) is 17.9. The summed E-state index contributed by atoms with van der Waals surface area (Å²) in [7, 11) is 0. The first-order valence-corrected chi connectivity index (χ1v) is 7.56. The van der Waals surface area contributed by atoms with Gasteiger partial charge in [0.15, 0.2) is 0 Å². The lowest BCUT2D eigenvalue weighted by Gasteiger charge is -2.26. The number of carboxylic acids is 1. The average Bonchev–Trinajstić information content (AvgIpc) is 3.10. The van der Waals surface area contributed by atoms with Crippen molar-refractivity contribution >= 4 is 5.97 Å². The van der Waals surface area contributed by atoms with Gasteiger partial charge in [0.05, 0.1) is 0 Å². The van der Waals surface area contributed by atoms with Crippen LogP contribution in [0.2, 0.25) is 0 Å². The summed E-state index contributed by atoms with van der Waals surface area (Å²) in [6.07, 6.45) is 9.54. The Balaban J connectivity index is 1.77. The third-order valence-corrected chi connectivity index (χ3v) is 4.02. The number of hydrogen-bond acceptors (Lipinski definition) is 3. The van der Waals surface area contributed by atoms with Crippen molar-refractivity contribution in [3.8, 4) is 0 Å². The van der Waals surface area contributed by atoms with Crippen LogP contribution in [-0.4, -0.2) is 32.2 Å². The fraction of sp³-hybridized carbons (Fsp3) is 0.733. The lowest BCUT2D eigenvalue weighted by Crippen LogP contribution is -2.50. The lowest BCUT2D eigenvalue weighted by molar-refractivity contribution is -0.144. The van der Waals surface area contributed by atoms with Crippen LogP contribution in [-0.2, 0) is 17.8 Å². The van der Waals surface area contributed by atoms with Gasteiger partial charge < -0.3 is 9.67 Å². The molecule has 1 aliphatic rings. The Morgan fingerprint density at radius 1 is 1.55 bits per heavy atom. The summed E-state index contributed by atoms with van der Waals surface area (Å²) in [5.41, 5.74) is -0.774. The predicted molar refractivity (Wildman–Crippen MR) is 77.7 cm³/mol. The van der Waals surface area contributed by atoms with E-state index in [0.29, 0.717) is 12.5 Å². The van der Waals surface area contributed by atoms with E-state index in [4.69, 9.17) is 0 Å². The first-order valence-electron chi connectivity index (χ1n) is 7.56. The van der Waals surface area contributed by atoms with Gasteiger partial charge in [-0.05, 0) is 39.0 Å². The Morgan fingerprint density at radius 2 is 2.30 bits per heavy atom.